The molecular weight excluding hydrogens is 412 g/mol. The molecule has 0 saturated carbocycles. The molecule has 3 rings (SSSR count). The van der Waals surface area contributed by atoms with E-state index in [2.05, 4.69) is 31.2 Å². The highest BCUT2D eigenvalue weighted by Gasteiger charge is 2.12. The molecule has 0 bridgehead atoms. The minimum absolute atomic E-state index is 0.176. The van der Waals surface area contributed by atoms with E-state index in [1.807, 2.05) is 12.4 Å². The van der Waals surface area contributed by atoms with E-state index in [1.165, 1.54) is 7.11 Å². The van der Waals surface area contributed by atoms with E-state index >= 15 is 0 Å². The van der Waals surface area contributed by atoms with Gasteiger partial charge in [0.05, 0.1) is 21.8 Å². The summed E-state index contributed by atoms with van der Waals surface area (Å²) in [5.41, 5.74) is 1.87. The fourth-order valence-corrected chi connectivity index (χ4v) is 2.70. The van der Waals surface area contributed by atoms with Crippen LogP contribution in [0.25, 0.3) is 17.0 Å². The fraction of sp³-hybridized carbons (Fsp3) is 0.188. The molecule has 0 aliphatic rings. The average Bonchev–Trinajstić information content (AvgIpc) is 2.99. The molecule has 1 aromatic carbocycles. The molecule has 1 N–H and O–H groups in total. The summed E-state index contributed by atoms with van der Waals surface area (Å²) < 4.78 is 12.4. The number of ether oxygens (including phenoxy) is 2. The molecule has 0 atom stereocenters. The summed E-state index contributed by atoms with van der Waals surface area (Å²) in [4.78, 5) is 20.4. The normalized spacial score (nSPS) is 10.8. The summed E-state index contributed by atoms with van der Waals surface area (Å²) in [7, 11) is 1.54. The van der Waals surface area contributed by atoms with Gasteiger partial charge in [0.25, 0.3) is 0 Å². The summed E-state index contributed by atoms with van der Waals surface area (Å²) in [6.45, 7) is 0.513. The Bertz CT molecular complexity index is 916. The second-order valence-electron chi connectivity index (χ2n) is 5.05. The van der Waals surface area contributed by atoms with Gasteiger partial charge in [-0.25, -0.2) is 14.8 Å². The van der Waals surface area contributed by atoms with Gasteiger partial charge < -0.3 is 9.47 Å². The van der Waals surface area contributed by atoms with E-state index in [4.69, 9.17) is 21.1 Å². The molecule has 130 valence electrons. The highest BCUT2D eigenvalue weighted by molar-refractivity contribution is 9.10. The lowest BCUT2D eigenvalue weighted by molar-refractivity contribution is 0.107. The van der Waals surface area contributed by atoms with Gasteiger partial charge in [-0.3, -0.25) is 9.72 Å². The van der Waals surface area contributed by atoms with Crippen LogP contribution in [-0.2, 0) is 9.47 Å². The van der Waals surface area contributed by atoms with Crippen LogP contribution in [0.4, 0.5) is 10.5 Å². The number of imidazole rings is 1. The zero-order valence-electron chi connectivity index (χ0n) is 13.2. The zero-order chi connectivity index (χ0) is 17.8. The summed E-state index contributed by atoms with van der Waals surface area (Å²) >= 11 is 9.66. The third-order valence-electron chi connectivity index (χ3n) is 3.29. The van der Waals surface area contributed by atoms with Gasteiger partial charge in [0.2, 0.25) is 5.78 Å². The Morgan fingerprint density at radius 1 is 1.36 bits per heavy atom. The Labute approximate surface area is 157 Å². The maximum Gasteiger partial charge on any atom is 0.411 e. The molecule has 0 unspecified atom stereocenters. The molecule has 0 radical (unpaired) electrons. The van der Waals surface area contributed by atoms with Crippen molar-refractivity contribution in [1.82, 2.24) is 14.4 Å². The van der Waals surface area contributed by atoms with Crippen molar-refractivity contribution in [3.63, 3.8) is 0 Å². The number of hydrogen-bond donors (Lipinski definition) is 1. The molecule has 2 heterocycles. The minimum Gasteiger partial charge on any atom is -0.447 e. The molecule has 0 aliphatic heterocycles. The summed E-state index contributed by atoms with van der Waals surface area (Å²) in [6.07, 6.45) is 4.77. The number of nitrogens with zero attached hydrogens (tertiary/aromatic N) is 3. The maximum atomic E-state index is 11.7. The van der Waals surface area contributed by atoms with Crippen LogP contribution in [0.2, 0.25) is 5.02 Å². The summed E-state index contributed by atoms with van der Waals surface area (Å²) in [5, 5.41) is 3.16. The van der Waals surface area contributed by atoms with Crippen LogP contribution in [0.1, 0.15) is 0 Å². The fourth-order valence-electron chi connectivity index (χ4n) is 2.16. The highest BCUT2D eigenvalue weighted by Crippen LogP contribution is 2.30. The van der Waals surface area contributed by atoms with Gasteiger partial charge >= 0.3 is 6.09 Å². The molecular formula is C16H14BrClN4O3. The van der Waals surface area contributed by atoms with E-state index in [-0.39, 0.29) is 6.61 Å². The Morgan fingerprint density at radius 3 is 3.00 bits per heavy atom. The van der Waals surface area contributed by atoms with E-state index in [9.17, 15) is 4.79 Å². The van der Waals surface area contributed by atoms with Crippen molar-refractivity contribution in [3.05, 3.63) is 46.3 Å². The topological polar surface area (TPSA) is 77.8 Å². The number of nitrogens with one attached hydrogen (secondary N) is 1. The zero-order valence-corrected chi connectivity index (χ0v) is 15.5. The first-order chi connectivity index (χ1) is 12.1. The molecule has 3 aromatic rings. The van der Waals surface area contributed by atoms with Gasteiger partial charge in [0.1, 0.15) is 6.61 Å². The first kappa shape index (κ1) is 17.7. The number of halogens is 2. The van der Waals surface area contributed by atoms with E-state index < -0.39 is 6.09 Å². The SMILES string of the molecule is COCCOC(=O)Nc1ccc(Cl)c(-c2cn3cc(Br)cnc3n2)c1. The Morgan fingerprint density at radius 2 is 2.20 bits per heavy atom. The monoisotopic (exact) mass is 424 g/mol. The quantitative estimate of drug-likeness (QED) is 0.625. The van der Waals surface area contributed by atoms with Crippen molar-refractivity contribution in [2.45, 2.75) is 0 Å². The number of anilines is 1. The van der Waals surface area contributed by atoms with Crippen LogP contribution in [0, 0.1) is 0 Å². The van der Waals surface area contributed by atoms with Crippen molar-refractivity contribution < 1.29 is 14.3 Å². The third-order valence-corrected chi connectivity index (χ3v) is 4.03. The van der Waals surface area contributed by atoms with Crippen LogP contribution >= 0.6 is 27.5 Å². The molecule has 2 aromatic heterocycles. The second-order valence-corrected chi connectivity index (χ2v) is 6.38. The van der Waals surface area contributed by atoms with E-state index in [0.717, 1.165) is 4.47 Å². The van der Waals surface area contributed by atoms with Crippen molar-refractivity contribution in [2.24, 2.45) is 0 Å². The number of benzene rings is 1. The van der Waals surface area contributed by atoms with Crippen molar-refractivity contribution >= 4 is 45.1 Å². The lowest BCUT2D eigenvalue weighted by Gasteiger charge is -2.08. The number of hydrogen-bond acceptors (Lipinski definition) is 5. The molecule has 0 saturated heterocycles. The lowest BCUT2D eigenvalue weighted by Crippen LogP contribution is -2.16. The number of carbonyl (C=O) groups is 1. The maximum absolute atomic E-state index is 11.7. The number of methoxy groups -OCH3 is 1. The van der Waals surface area contributed by atoms with Crippen molar-refractivity contribution in [2.75, 3.05) is 25.6 Å². The van der Waals surface area contributed by atoms with Crippen LogP contribution in [0.5, 0.6) is 0 Å². The first-order valence-electron chi connectivity index (χ1n) is 7.29. The predicted molar refractivity (Wildman–Crippen MR) is 98.0 cm³/mol. The molecule has 9 heteroatoms. The molecule has 7 nitrogen and oxygen atoms in total. The number of aromatic nitrogens is 3. The second kappa shape index (κ2) is 7.81. The van der Waals surface area contributed by atoms with E-state index in [0.29, 0.717) is 34.4 Å². The minimum atomic E-state index is -0.564. The van der Waals surface area contributed by atoms with Crippen molar-refractivity contribution in [3.8, 4) is 11.3 Å². The number of fused-ring (bicyclic) bond motifs is 1. The Kier molecular flexibility index (Phi) is 5.52. The standard InChI is InChI=1S/C16H14BrClN4O3/c1-24-4-5-25-16(23)20-11-2-3-13(18)12(6-11)14-9-22-8-10(17)7-19-15(22)21-14/h2-3,6-9H,4-5H2,1H3,(H,20,23). The summed E-state index contributed by atoms with van der Waals surface area (Å²) in [6, 6.07) is 5.11. The van der Waals surface area contributed by atoms with Crippen LogP contribution in [0.15, 0.2) is 41.3 Å². The van der Waals surface area contributed by atoms with Gasteiger partial charge in [-0.2, -0.15) is 0 Å². The summed E-state index contributed by atoms with van der Waals surface area (Å²) in [5.74, 6) is 0.548. The van der Waals surface area contributed by atoms with E-state index in [1.54, 1.807) is 28.8 Å². The molecule has 0 aliphatic carbocycles. The smallest absolute Gasteiger partial charge is 0.411 e. The third kappa shape index (κ3) is 4.28. The Hall–Kier alpha value is -2.16. The van der Waals surface area contributed by atoms with Crippen LogP contribution < -0.4 is 5.32 Å². The average molecular weight is 426 g/mol. The van der Waals surface area contributed by atoms with Gasteiger partial charge in [-0.15, -0.1) is 0 Å². The number of rotatable bonds is 5. The van der Waals surface area contributed by atoms with Gasteiger partial charge in [0, 0.05) is 37.0 Å². The number of amides is 1. The van der Waals surface area contributed by atoms with Crippen LogP contribution in [-0.4, -0.2) is 40.8 Å². The largest absolute Gasteiger partial charge is 0.447 e. The van der Waals surface area contributed by atoms with Gasteiger partial charge in [-0.05, 0) is 34.1 Å². The molecule has 1 amide bonds. The molecule has 0 fully saturated rings. The Balaban J connectivity index is 1.84. The molecule has 25 heavy (non-hydrogen) atoms. The first-order valence-corrected chi connectivity index (χ1v) is 8.47. The number of carbonyl (C=O) groups excluding carboxylic acids is 1. The van der Waals surface area contributed by atoms with Gasteiger partial charge in [0.15, 0.2) is 0 Å². The lowest BCUT2D eigenvalue weighted by atomic mass is 10.1. The van der Waals surface area contributed by atoms with Crippen LogP contribution in [0.3, 0.4) is 0 Å². The predicted octanol–water partition coefficient (Wildman–Crippen LogP) is 4.01. The van der Waals surface area contributed by atoms with Crippen molar-refractivity contribution in [1.29, 1.82) is 0 Å². The highest BCUT2D eigenvalue weighted by atomic mass is 79.9. The van der Waals surface area contributed by atoms with Gasteiger partial charge in [-0.1, -0.05) is 11.6 Å². The molecule has 0 spiro atoms.